The van der Waals surface area contributed by atoms with Crippen LogP contribution in [0.5, 0.6) is 0 Å². The van der Waals surface area contributed by atoms with Crippen LogP contribution in [-0.4, -0.2) is 35.2 Å². The number of hydrogen-bond donors (Lipinski definition) is 2. The second kappa shape index (κ2) is 2.59. The molecular formula is C8H13NO4. The van der Waals surface area contributed by atoms with E-state index < -0.39 is 17.9 Å². The lowest BCUT2D eigenvalue weighted by Gasteiger charge is -2.39. The van der Waals surface area contributed by atoms with Gasteiger partial charge in [-0.15, -0.1) is 0 Å². The van der Waals surface area contributed by atoms with E-state index in [2.05, 4.69) is 5.32 Å². The fourth-order valence-electron chi connectivity index (χ4n) is 2.09. The number of hydrogen-bond acceptors (Lipinski definition) is 4. The van der Waals surface area contributed by atoms with Crippen LogP contribution in [0.1, 0.15) is 20.3 Å². The van der Waals surface area contributed by atoms with Crippen LogP contribution in [0.4, 0.5) is 4.79 Å². The molecule has 0 spiro atoms. The van der Waals surface area contributed by atoms with Crippen molar-refractivity contribution in [3.05, 3.63) is 0 Å². The second-order valence-electron chi connectivity index (χ2n) is 3.87. The van der Waals surface area contributed by atoms with Gasteiger partial charge in [-0.25, -0.2) is 4.79 Å². The molecule has 0 saturated carbocycles. The summed E-state index contributed by atoms with van der Waals surface area (Å²) in [6.45, 7) is 3.64. The number of carbonyl (C=O) groups is 1. The highest BCUT2D eigenvalue weighted by molar-refractivity contribution is 5.71. The molecule has 0 radical (unpaired) electrons. The average molecular weight is 187 g/mol. The largest absolute Gasteiger partial charge is 0.441 e. The fourth-order valence-corrected chi connectivity index (χ4v) is 2.09. The highest BCUT2D eigenvalue weighted by Gasteiger charge is 2.52. The predicted octanol–water partition coefficient (Wildman–Crippen LogP) is -0.0193. The molecule has 2 aliphatic heterocycles. The van der Waals surface area contributed by atoms with Gasteiger partial charge in [0.15, 0.2) is 12.4 Å². The van der Waals surface area contributed by atoms with Crippen molar-refractivity contribution in [2.45, 2.75) is 44.3 Å². The minimum Gasteiger partial charge on any atom is -0.441 e. The van der Waals surface area contributed by atoms with Crippen LogP contribution >= 0.6 is 0 Å². The molecule has 0 bridgehead atoms. The molecular weight excluding hydrogens is 174 g/mol. The van der Waals surface area contributed by atoms with E-state index in [9.17, 15) is 9.90 Å². The Labute approximate surface area is 76.0 Å². The molecule has 0 unspecified atom stereocenters. The maximum Gasteiger partial charge on any atom is 0.408 e. The van der Waals surface area contributed by atoms with Gasteiger partial charge in [0.1, 0.15) is 0 Å². The molecule has 0 aromatic heterocycles. The molecule has 74 valence electrons. The van der Waals surface area contributed by atoms with Crippen LogP contribution in [-0.2, 0) is 9.47 Å². The van der Waals surface area contributed by atoms with E-state index in [-0.39, 0.29) is 12.2 Å². The molecule has 4 atom stereocenters. The molecule has 0 aromatic carbocycles. The molecule has 5 heteroatoms. The summed E-state index contributed by atoms with van der Waals surface area (Å²) in [6.07, 6.45) is -1.46. The number of fused-ring (bicyclic) bond motifs is 1. The van der Waals surface area contributed by atoms with Crippen molar-refractivity contribution in [3.63, 3.8) is 0 Å². The first-order valence-electron chi connectivity index (χ1n) is 4.33. The van der Waals surface area contributed by atoms with Crippen LogP contribution in [0.2, 0.25) is 0 Å². The fraction of sp³-hybridized carbons (Fsp3) is 0.875. The zero-order valence-electron chi connectivity index (χ0n) is 7.61. The van der Waals surface area contributed by atoms with Gasteiger partial charge in [0.25, 0.3) is 0 Å². The van der Waals surface area contributed by atoms with Gasteiger partial charge < -0.3 is 19.9 Å². The van der Waals surface area contributed by atoms with Crippen LogP contribution in [0, 0.1) is 0 Å². The molecule has 13 heavy (non-hydrogen) atoms. The monoisotopic (exact) mass is 187 g/mol. The van der Waals surface area contributed by atoms with E-state index in [0.717, 1.165) is 0 Å². The summed E-state index contributed by atoms with van der Waals surface area (Å²) in [5.41, 5.74) is -0.492. The number of aliphatic hydroxyl groups excluding tert-OH is 1. The van der Waals surface area contributed by atoms with E-state index in [4.69, 9.17) is 9.47 Å². The predicted molar refractivity (Wildman–Crippen MR) is 43.0 cm³/mol. The second-order valence-corrected chi connectivity index (χ2v) is 3.87. The average Bonchev–Trinajstić information content (AvgIpc) is 2.23. The van der Waals surface area contributed by atoms with Crippen LogP contribution in [0.3, 0.4) is 0 Å². The molecule has 2 aliphatic rings. The van der Waals surface area contributed by atoms with Gasteiger partial charge >= 0.3 is 6.09 Å². The molecule has 1 amide bonds. The standard InChI is InChI=1S/C8H13NO4/c1-4-6-8(2,3-5(10)12-4)9-7(11)13-6/h4-6,10H,3H2,1-2H3,(H,9,11)/t4-,5+,6+,8-/m0/s1. The number of carbonyl (C=O) groups excluding carboxylic acids is 1. The summed E-state index contributed by atoms with van der Waals surface area (Å²) in [5, 5.41) is 12.0. The zero-order chi connectivity index (χ0) is 9.64. The maximum atomic E-state index is 11.0. The molecule has 2 rings (SSSR count). The first-order chi connectivity index (χ1) is 6.01. The van der Waals surface area contributed by atoms with Gasteiger partial charge in [0.05, 0.1) is 11.6 Å². The van der Waals surface area contributed by atoms with Crippen molar-refractivity contribution >= 4 is 6.09 Å². The van der Waals surface area contributed by atoms with E-state index in [1.165, 1.54) is 0 Å². The Balaban J connectivity index is 2.23. The van der Waals surface area contributed by atoms with Crippen molar-refractivity contribution in [3.8, 4) is 0 Å². The van der Waals surface area contributed by atoms with E-state index in [1.807, 2.05) is 6.92 Å². The van der Waals surface area contributed by atoms with Crippen LogP contribution in [0.15, 0.2) is 0 Å². The van der Waals surface area contributed by atoms with Crippen molar-refractivity contribution in [2.75, 3.05) is 0 Å². The van der Waals surface area contributed by atoms with Gasteiger partial charge in [-0.1, -0.05) is 0 Å². The van der Waals surface area contributed by atoms with Crippen molar-refractivity contribution in [1.82, 2.24) is 5.32 Å². The minimum atomic E-state index is -0.821. The van der Waals surface area contributed by atoms with E-state index in [0.29, 0.717) is 6.42 Å². The zero-order valence-corrected chi connectivity index (χ0v) is 7.61. The third-order valence-electron chi connectivity index (χ3n) is 2.65. The van der Waals surface area contributed by atoms with Crippen LogP contribution < -0.4 is 5.32 Å². The third-order valence-corrected chi connectivity index (χ3v) is 2.65. The maximum absolute atomic E-state index is 11.0. The number of rotatable bonds is 0. The van der Waals surface area contributed by atoms with E-state index in [1.54, 1.807) is 6.92 Å². The third kappa shape index (κ3) is 1.28. The Morgan fingerprint density at radius 1 is 1.69 bits per heavy atom. The minimum absolute atomic E-state index is 0.271. The molecule has 2 fully saturated rings. The van der Waals surface area contributed by atoms with Crippen molar-refractivity contribution < 1.29 is 19.4 Å². The smallest absolute Gasteiger partial charge is 0.408 e. The van der Waals surface area contributed by atoms with Crippen molar-refractivity contribution in [2.24, 2.45) is 0 Å². The topological polar surface area (TPSA) is 67.8 Å². The summed E-state index contributed by atoms with van der Waals surface area (Å²) in [4.78, 5) is 11.0. The Hall–Kier alpha value is -0.810. The lowest BCUT2D eigenvalue weighted by Crippen LogP contribution is -2.57. The Bertz CT molecular complexity index is 244. The first-order valence-corrected chi connectivity index (χ1v) is 4.33. The highest BCUT2D eigenvalue weighted by atomic mass is 16.6. The Morgan fingerprint density at radius 2 is 2.38 bits per heavy atom. The summed E-state index contributed by atoms with van der Waals surface area (Å²) in [6, 6.07) is 0. The summed E-state index contributed by atoms with van der Waals surface area (Å²) < 4.78 is 10.2. The molecule has 0 aliphatic carbocycles. The lowest BCUT2D eigenvalue weighted by molar-refractivity contribution is -0.205. The van der Waals surface area contributed by atoms with Gasteiger partial charge in [-0.3, -0.25) is 0 Å². The van der Waals surface area contributed by atoms with Gasteiger partial charge in [0, 0.05) is 6.42 Å². The van der Waals surface area contributed by atoms with E-state index >= 15 is 0 Å². The molecule has 2 saturated heterocycles. The van der Waals surface area contributed by atoms with Crippen LogP contribution in [0.25, 0.3) is 0 Å². The SMILES string of the molecule is C[C@@H]1O[C@@H](O)C[C@]2(C)NC(=O)O[C@H]12. The number of alkyl carbamates (subject to hydrolysis) is 1. The number of nitrogens with one attached hydrogen (secondary N) is 1. The van der Waals surface area contributed by atoms with Gasteiger partial charge in [-0.2, -0.15) is 0 Å². The summed E-state index contributed by atoms with van der Waals surface area (Å²) in [7, 11) is 0. The Morgan fingerprint density at radius 3 is 3.08 bits per heavy atom. The lowest BCUT2D eigenvalue weighted by atomic mass is 9.86. The molecule has 2 N–H and O–H groups in total. The molecule has 2 heterocycles. The summed E-state index contributed by atoms with van der Waals surface area (Å²) >= 11 is 0. The first kappa shape index (κ1) is 8.77. The molecule has 5 nitrogen and oxygen atoms in total. The quantitative estimate of drug-likeness (QED) is 0.559. The number of aliphatic hydroxyl groups is 1. The summed E-state index contributed by atoms with van der Waals surface area (Å²) in [5.74, 6) is 0. The van der Waals surface area contributed by atoms with Crippen molar-refractivity contribution in [1.29, 1.82) is 0 Å². The number of ether oxygens (including phenoxy) is 2. The van der Waals surface area contributed by atoms with Gasteiger partial charge in [0.2, 0.25) is 0 Å². The normalized spacial score (nSPS) is 49.5. The molecule has 0 aromatic rings. The number of amides is 1. The Kier molecular flexibility index (Phi) is 1.75. The highest BCUT2D eigenvalue weighted by Crippen LogP contribution is 2.34. The van der Waals surface area contributed by atoms with Gasteiger partial charge in [-0.05, 0) is 13.8 Å².